The molecule has 2 heterocycles. The van der Waals surface area contributed by atoms with E-state index in [4.69, 9.17) is 0 Å². The summed E-state index contributed by atoms with van der Waals surface area (Å²) >= 11 is 1.97. The Kier molecular flexibility index (Phi) is 4.41. The van der Waals surface area contributed by atoms with E-state index in [-0.39, 0.29) is 0 Å². The lowest BCUT2D eigenvalue weighted by Crippen LogP contribution is -2.15. The molecule has 0 aromatic carbocycles. The molecule has 0 amide bonds. The van der Waals surface area contributed by atoms with Crippen molar-refractivity contribution in [3.8, 4) is 9.85 Å². The maximum atomic E-state index is 9.50. The van der Waals surface area contributed by atoms with Crippen molar-refractivity contribution < 1.29 is 5.21 Å². The predicted molar refractivity (Wildman–Crippen MR) is 76.4 cm³/mol. The summed E-state index contributed by atoms with van der Waals surface area (Å²) in [6.07, 6.45) is 4.91. The third kappa shape index (κ3) is 3.13. The molecule has 0 spiro atoms. The van der Waals surface area contributed by atoms with Gasteiger partial charge >= 0.3 is 0 Å². The highest BCUT2D eigenvalue weighted by atomic mass is 127. The first kappa shape index (κ1) is 13.1. The fourth-order valence-corrected chi connectivity index (χ4v) is 1.94. The van der Waals surface area contributed by atoms with Crippen LogP contribution < -0.4 is 0 Å². The highest BCUT2D eigenvalue weighted by Crippen LogP contribution is 2.17. The summed E-state index contributed by atoms with van der Waals surface area (Å²) in [5, 5.41) is 10.7. The lowest BCUT2D eigenvalue weighted by Gasteiger charge is -2.03. The topological polar surface area (TPSA) is 61.6 Å². The van der Waals surface area contributed by atoms with E-state index in [1.165, 1.54) is 5.06 Å². The molecular weight excluding hydrogens is 343 g/mol. The summed E-state index contributed by atoms with van der Waals surface area (Å²) in [5.74, 6) is 2.95. The summed E-state index contributed by atoms with van der Waals surface area (Å²) in [6.45, 7) is 2.67. The van der Waals surface area contributed by atoms with Crippen LogP contribution in [0.15, 0.2) is 34.9 Å². The van der Waals surface area contributed by atoms with Gasteiger partial charge in [0, 0.05) is 40.6 Å². The first-order valence-corrected chi connectivity index (χ1v) is 6.37. The molecule has 1 aromatic rings. The number of nitrogens with zero attached hydrogens (tertiary/aromatic N) is 4. The fraction of sp³-hybridized carbons (Fsp3) is 0.250. The molecule has 1 aliphatic rings. The Morgan fingerprint density at radius 2 is 2.33 bits per heavy atom. The molecule has 0 saturated carbocycles. The number of aliphatic imine (C=N–C) groups is 1. The van der Waals surface area contributed by atoms with E-state index in [2.05, 4.69) is 24.8 Å². The Morgan fingerprint density at radius 1 is 1.50 bits per heavy atom. The van der Waals surface area contributed by atoms with Crippen LogP contribution in [0.4, 0.5) is 0 Å². The van der Waals surface area contributed by atoms with Crippen molar-refractivity contribution in [2.45, 2.75) is 6.92 Å². The second kappa shape index (κ2) is 6.04. The number of rotatable bonds is 2. The third-order valence-electron chi connectivity index (χ3n) is 2.46. The van der Waals surface area contributed by atoms with Crippen LogP contribution in [0.2, 0.25) is 0 Å². The van der Waals surface area contributed by atoms with Gasteiger partial charge in [0.1, 0.15) is 5.69 Å². The Labute approximate surface area is 119 Å². The summed E-state index contributed by atoms with van der Waals surface area (Å²) < 4.78 is 2.80. The van der Waals surface area contributed by atoms with Crippen molar-refractivity contribution in [2.75, 3.05) is 13.1 Å². The molecule has 18 heavy (non-hydrogen) atoms. The second-order valence-electron chi connectivity index (χ2n) is 3.76. The van der Waals surface area contributed by atoms with Crippen LogP contribution in [-0.4, -0.2) is 39.0 Å². The van der Waals surface area contributed by atoms with Gasteiger partial charge in [-0.2, -0.15) is 5.06 Å². The van der Waals surface area contributed by atoms with Crippen LogP contribution in [0.1, 0.15) is 12.6 Å². The smallest absolute Gasteiger partial charge is 0.102 e. The van der Waals surface area contributed by atoms with E-state index >= 15 is 0 Å². The lowest BCUT2D eigenvalue weighted by molar-refractivity contribution is -0.0646. The van der Waals surface area contributed by atoms with Gasteiger partial charge in [-0.15, -0.1) is 0 Å². The average molecular weight is 354 g/mol. The predicted octanol–water partition coefficient (Wildman–Crippen LogP) is 1.64. The summed E-state index contributed by atoms with van der Waals surface area (Å²) in [6, 6.07) is 0. The van der Waals surface area contributed by atoms with Crippen LogP contribution >= 0.6 is 22.6 Å². The number of halogens is 1. The number of hydrogen-bond acceptors (Lipinski definition) is 5. The summed E-state index contributed by atoms with van der Waals surface area (Å²) in [7, 11) is 0. The highest BCUT2D eigenvalue weighted by molar-refractivity contribution is 14.1. The molecule has 1 aromatic heterocycles. The minimum atomic E-state index is 0.387. The molecule has 0 aliphatic carbocycles. The molecule has 1 N–H and O–H groups in total. The van der Waals surface area contributed by atoms with E-state index in [9.17, 15) is 5.21 Å². The van der Waals surface area contributed by atoms with Gasteiger partial charge in [0.25, 0.3) is 0 Å². The van der Waals surface area contributed by atoms with E-state index in [0.717, 1.165) is 22.7 Å². The monoisotopic (exact) mass is 354 g/mol. The van der Waals surface area contributed by atoms with Crippen LogP contribution in [0.25, 0.3) is 0 Å². The van der Waals surface area contributed by atoms with E-state index in [0.29, 0.717) is 13.1 Å². The standard InChI is InChI=1S/C12H11IN4O/c1-9(11-6-14-4-5-15-11)16-12-8-17(18)7-10(12)2-3-13/h4-6,18H,7-8H2,1H3. The minimum absolute atomic E-state index is 0.387. The van der Waals surface area contributed by atoms with Crippen molar-refractivity contribution in [2.24, 2.45) is 4.99 Å². The first-order chi connectivity index (χ1) is 8.70. The molecule has 0 bridgehead atoms. The van der Waals surface area contributed by atoms with Crippen molar-refractivity contribution in [1.82, 2.24) is 15.0 Å². The lowest BCUT2D eigenvalue weighted by atomic mass is 10.2. The molecule has 0 saturated heterocycles. The molecule has 0 fully saturated rings. The molecule has 92 valence electrons. The Hall–Kier alpha value is -1.30. The largest absolute Gasteiger partial charge is 0.313 e. The number of hydrogen-bond donors (Lipinski definition) is 1. The molecule has 6 heteroatoms. The minimum Gasteiger partial charge on any atom is -0.313 e. The molecule has 0 atom stereocenters. The van der Waals surface area contributed by atoms with Gasteiger partial charge in [0.2, 0.25) is 0 Å². The maximum Gasteiger partial charge on any atom is 0.102 e. The number of hydroxylamine groups is 2. The molecule has 0 unspecified atom stereocenters. The molecule has 0 radical (unpaired) electrons. The van der Waals surface area contributed by atoms with Crippen LogP contribution in [-0.2, 0) is 0 Å². The summed E-state index contributed by atoms with van der Waals surface area (Å²) in [4.78, 5) is 12.7. The van der Waals surface area contributed by atoms with Crippen molar-refractivity contribution in [3.05, 3.63) is 35.6 Å². The Bertz CT molecular complexity index is 556. The zero-order valence-corrected chi connectivity index (χ0v) is 11.9. The van der Waals surface area contributed by atoms with Gasteiger partial charge in [-0.1, -0.05) is 5.92 Å². The molecule has 2 rings (SSSR count). The van der Waals surface area contributed by atoms with Crippen LogP contribution in [0.3, 0.4) is 0 Å². The van der Waals surface area contributed by atoms with E-state index in [1.54, 1.807) is 18.6 Å². The second-order valence-corrected chi connectivity index (χ2v) is 4.29. The van der Waals surface area contributed by atoms with Gasteiger partial charge in [0.15, 0.2) is 0 Å². The first-order valence-electron chi connectivity index (χ1n) is 5.30. The molecular formula is C12H11IN4O. The van der Waals surface area contributed by atoms with Crippen LogP contribution in [0, 0.1) is 9.85 Å². The molecule has 5 nitrogen and oxygen atoms in total. The van der Waals surface area contributed by atoms with Gasteiger partial charge in [-0.05, 0) is 10.9 Å². The maximum absolute atomic E-state index is 9.50. The summed E-state index contributed by atoms with van der Waals surface area (Å²) in [5.41, 5.74) is 3.12. The van der Waals surface area contributed by atoms with E-state index in [1.807, 2.05) is 29.5 Å². The van der Waals surface area contributed by atoms with Crippen molar-refractivity contribution in [3.63, 3.8) is 0 Å². The normalized spacial score (nSPS) is 16.7. The molecule has 1 aliphatic heterocycles. The fourth-order valence-electron chi connectivity index (χ4n) is 1.62. The third-order valence-corrected chi connectivity index (χ3v) is 2.73. The zero-order chi connectivity index (χ0) is 13.0. The zero-order valence-electron chi connectivity index (χ0n) is 9.76. The van der Waals surface area contributed by atoms with Gasteiger partial charge in [-0.3, -0.25) is 15.0 Å². The van der Waals surface area contributed by atoms with E-state index < -0.39 is 0 Å². The van der Waals surface area contributed by atoms with Crippen molar-refractivity contribution >= 4 is 28.3 Å². The Morgan fingerprint density at radius 3 is 3.00 bits per heavy atom. The SMILES string of the molecule is CC(=NC1=C(C#CI)CN(O)C1)c1cnccn1. The highest BCUT2D eigenvalue weighted by Gasteiger charge is 2.19. The van der Waals surface area contributed by atoms with Crippen molar-refractivity contribution in [1.29, 1.82) is 0 Å². The van der Waals surface area contributed by atoms with Crippen LogP contribution in [0.5, 0.6) is 0 Å². The van der Waals surface area contributed by atoms with Gasteiger partial charge in [-0.25, -0.2) is 0 Å². The average Bonchev–Trinajstić information content (AvgIpc) is 2.71. The number of aromatic nitrogens is 2. The van der Waals surface area contributed by atoms with Gasteiger partial charge < -0.3 is 5.21 Å². The Balaban J connectivity index is 2.31. The quantitative estimate of drug-likeness (QED) is 0.498. The van der Waals surface area contributed by atoms with Gasteiger partial charge in [0.05, 0.1) is 30.7 Å².